The molecular weight excluding hydrogens is 254 g/mol. The van der Waals surface area contributed by atoms with Gasteiger partial charge in [0.2, 0.25) is 0 Å². The molecule has 1 aliphatic rings. The summed E-state index contributed by atoms with van der Waals surface area (Å²) >= 11 is 6.11. The number of ether oxygens (including phenoxy) is 1. The monoisotopic (exact) mass is 269 g/mol. The number of rotatable bonds is 3. The summed E-state index contributed by atoms with van der Waals surface area (Å²) in [5, 5.41) is 12.8. The predicted molar refractivity (Wildman–Crippen MR) is 69.2 cm³/mol. The van der Waals surface area contributed by atoms with Crippen molar-refractivity contribution < 1.29 is 14.6 Å². The van der Waals surface area contributed by atoms with Gasteiger partial charge in [-0.2, -0.15) is 0 Å². The molecule has 0 spiro atoms. The van der Waals surface area contributed by atoms with Crippen molar-refractivity contribution in [2.75, 3.05) is 13.7 Å². The van der Waals surface area contributed by atoms with Gasteiger partial charge in [0.15, 0.2) is 0 Å². The first kappa shape index (κ1) is 13.2. The van der Waals surface area contributed by atoms with E-state index in [1.165, 1.54) is 0 Å². The highest BCUT2D eigenvalue weighted by Gasteiger charge is 2.31. The first-order valence-corrected chi connectivity index (χ1v) is 6.21. The van der Waals surface area contributed by atoms with E-state index in [9.17, 15) is 4.79 Å². The molecule has 2 atom stereocenters. The minimum absolute atomic E-state index is 0.0505. The highest BCUT2D eigenvalue weighted by molar-refractivity contribution is 6.32. The summed E-state index contributed by atoms with van der Waals surface area (Å²) in [5.41, 5.74) is 2.10. The van der Waals surface area contributed by atoms with Gasteiger partial charge in [0.1, 0.15) is 5.75 Å². The van der Waals surface area contributed by atoms with Crippen LogP contribution in [0.5, 0.6) is 5.75 Å². The molecule has 0 radical (unpaired) electrons. The van der Waals surface area contributed by atoms with E-state index in [4.69, 9.17) is 21.4 Å². The van der Waals surface area contributed by atoms with Gasteiger partial charge in [0.05, 0.1) is 18.1 Å². The molecule has 0 aromatic heterocycles. The summed E-state index contributed by atoms with van der Waals surface area (Å²) in [6.07, 6.45) is 0.596. The van der Waals surface area contributed by atoms with Crippen LogP contribution in [-0.2, 0) is 4.79 Å². The minimum atomic E-state index is -0.748. The third kappa shape index (κ3) is 2.44. The number of halogens is 1. The van der Waals surface area contributed by atoms with Gasteiger partial charge in [0, 0.05) is 12.6 Å². The molecule has 2 rings (SSSR count). The number of hydrogen-bond acceptors (Lipinski definition) is 3. The average Bonchev–Trinajstić information content (AvgIpc) is 2.81. The van der Waals surface area contributed by atoms with Crippen LogP contribution in [0.4, 0.5) is 0 Å². The van der Waals surface area contributed by atoms with Crippen molar-refractivity contribution in [3.8, 4) is 5.75 Å². The fourth-order valence-corrected chi connectivity index (χ4v) is 2.61. The summed E-state index contributed by atoms with van der Waals surface area (Å²) in [6.45, 7) is 2.48. The van der Waals surface area contributed by atoms with E-state index < -0.39 is 5.97 Å². The maximum absolute atomic E-state index is 10.9. The smallest absolute Gasteiger partial charge is 0.307 e. The lowest BCUT2D eigenvalue weighted by Crippen LogP contribution is -2.17. The number of benzene rings is 1. The van der Waals surface area contributed by atoms with Crippen LogP contribution >= 0.6 is 11.6 Å². The van der Waals surface area contributed by atoms with E-state index in [-0.39, 0.29) is 12.0 Å². The predicted octanol–water partition coefficient (Wildman–Crippen LogP) is 2.39. The molecule has 1 heterocycles. The lowest BCUT2D eigenvalue weighted by atomic mass is 9.96. The fraction of sp³-hybridized carbons (Fsp3) is 0.462. The number of carboxylic acids is 1. The van der Waals surface area contributed by atoms with E-state index in [2.05, 4.69) is 5.32 Å². The summed E-state index contributed by atoms with van der Waals surface area (Å²) in [5.74, 6) is -0.428. The van der Waals surface area contributed by atoms with Gasteiger partial charge >= 0.3 is 5.97 Å². The number of aryl methyl sites for hydroxylation is 1. The second-order valence-corrected chi connectivity index (χ2v) is 4.98. The van der Waals surface area contributed by atoms with Crippen LogP contribution in [0.2, 0.25) is 5.02 Å². The van der Waals surface area contributed by atoms with Gasteiger partial charge in [-0.25, -0.2) is 0 Å². The number of nitrogens with one attached hydrogen (secondary N) is 1. The molecule has 4 nitrogen and oxygen atoms in total. The second kappa shape index (κ2) is 5.16. The second-order valence-electron chi connectivity index (χ2n) is 4.58. The normalized spacial score (nSPS) is 23.1. The lowest BCUT2D eigenvalue weighted by molar-refractivity contribution is -0.141. The number of carboxylic acid groups (broad SMARTS) is 1. The van der Waals surface area contributed by atoms with Gasteiger partial charge in [-0.3, -0.25) is 4.79 Å². The molecule has 1 aromatic carbocycles. The van der Waals surface area contributed by atoms with Crippen molar-refractivity contribution in [3.63, 3.8) is 0 Å². The Morgan fingerprint density at radius 3 is 2.83 bits per heavy atom. The molecule has 1 fully saturated rings. The van der Waals surface area contributed by atoms with Gasteiger partial charge in [-0.15, -0.1) is 0 Å². The van der Waals surface area contributed by atoms with Crippen LogP contribution in [0.3, 0.4) is 0 Å². The zero-order valence-corrected chi connectivity index (χ0v) is 11.1. The largest absolute Gasteiger partial charge is 0.495 e. The number of carbonyl (C=O) groups is 1. The molecule has 5 heteroatoms. The van der Waals surface area contributed by atoms with Crippen LogP contribution in [0.15, 0.2) is 12.1 Å². The molecule has 2 N–H and O–H groups in total. The summed E-state index contributed by atoms with van der Waals surface area (Å²) in [4.78, 5) is 10.9. The summed E-state index contributed by atoms with van der Waals surface area (Å²) in [6, 6.07) is 3.79. The van der Waals surface area contributed by atoms with E-state index in [1.807, 2.05) is 19.1 Å². The Labute approximate surface area is 111 Å². The van der Waals surface area contributed by atoms with Crippen molar-refractivity contribution in [1.29, 1.82) is 0 Å². The molecule has 0 bridgehead atoms. The van der Waals surface area contributed by atoms with Crippen LogP contribution in [0, 0.1) is 12.8 Å². The van der Waals surface area contributed by atoms with E-state index >= 15 is 0 Å². The molecule has 0 amide bonds. The third-order valence-electron chi connectivity index (χ3n) is 3.40. The highest BCUT2D eigenvalue weighted by atomic mass is 35.5. The Morgan fingerprint density at radius 1 is 1.56 bits per heavy atom. The van der Waals surface area contributed by atoms with Gasteiger partial charge in [-0.05, 0) is 36.6 Å². The van der Waals surface area contributed by atoms with Crippen LogP contribution < -0.4 is 10.1 Å². The molecule has 0 aliphatic carbocycles. The maximum Gasteiger partial charge on any atom is 0.307 e. The van der Waals surface area contributed by atoms with Crippen molar-refractivity contribution in [2.45, 2.75) is 19.4 Å². The highest BCUT2D eigenvalue weighted by Crippen LogP contribution is 2.35. The molecule has 1 saturated heterocycles. The topological polar surface area (TPSA) is 58.6 Å². The quantitative estimate of drug-likeness (QED) is 0.885. The zero-order chi connectivity index (χ0) is 13.3. The van der Waals surface area contributed by atoms with Gasteiger partial charge in [-0.1, -0.05) is 11.6 Å². The zero-order valence-electron chi connectivity index (χ0n) is 10.4. The van der Waals surface area contributed by atoms with Crippen LogP contribution in [0.25, 0.3) is 0 Å². The standard InChI is InChI=1S/C13H16ClNO3/c1-7-3-12(18-2)10(14)5-9(7)11-4-8(6-15-11)13(16)17/h3,5,8,11,15H,4,6H2,1-2H3,(H,16,17). The first-order chi connectivity index (χ1) is 8.52. The van der Waals surface area contributed by atoms with E-state index in [0.717, 1.165) is 11.1 Å². The Kier molecular flexibility index (Phi) is 3.78. The molecule has 1 aliphatic heterocycles. The molecule has 0 saturated carbocycles. The van der Waals surface area contributed by atoms with E-state index in [0.29, 0.717) is 23.7 Å². The number of methoxy groups -OCH3 is 1. The average molecular weight is 270 g/mol. The Hall–Kier alpha value is -1.26. The molecule has 98 valence electrons. The number of hydrogen-bond donors (Lipinski definition) is 2. The van der Waals surface area contributed by atoms with Crippen molar-refractivity contribution in [1.82, 2.24) is 5.32 Å². The van der Waals surface area contributed by atoms with E-state index in [1.54, 1.807) is 7.11 Å². The maximum atomic E-state index is 10.9. The molecule has 18 heavy (non-hydrogen) atoms. The molecular formula is C13H16ClNO3. The Morgan fingerprint density at radius 2 is 2.28 bits per heavy atom. The molecule has 2 unspecified atom stereocenters. The van der Waals surface area contributed by atoms with Crippen LogP contribution in [-0.4, -0.2) is 24.7 Å². The van der Waals surface area contributed by atoms with Crippen molar-refractivity contribution >= 4 is 17.6 Å². The third-order valence-corrected chi connectivity index (χ3v) is 3.69. The Balaban J connectivity index is 2.25. The van der Waals surface area contributed by atoms with Gasteiger partial charge < -0.3 is 15.2 Å². The van der Waals surface area contributed by atoms with Gasteiger partial charge in [0.25, 0.3) is 0 Å². The molecule has 1 aromatic rings. The van der Waals surface area contributed by atoms with Crippen molar-refractivity contribution in [3.05, 3.63) is 28.3 Å². The first-order valence-electron chi connectivity index (χ1n) is 5.83. The lowest BCUT2D eigenvalue weighted by Gasteiger charge is -2.16. The fourth-order valence-electron chi connectivity index (χ4n) is 2.36. The summed E-state index contributed by atoms with van der Waals surface area (Å²) in [7, 11) is 1.58. The van der Waals surface area contributed by atoms with Crippen molar-refractivity contribution in [2.24, 2.45) is 5.92 Å². The SMILES string of the molecule is COc1cc(C)c(C2CC(C(=O)O)CN2)cc1Cl. The summed E-state index contributed by atoms with van der Waals surface area (Å²) < 4.78 is 5.16. The Bertz CT molecular complexity index is 476. The van der Waals surface area contributed by atoms with Crippen LogP contribution in [0.1, 0.15) is 23.6 Å². The minimum Gasteiger partial charge on any atom is -0.495 e. The number of aliphatic carboxylic acids is 1.